The molecule has 14 heteroatoms. The molecule has 0 bridgehead atoms. The Morgan fingerprint density at radius 2 is 1.93 bits per heavy atom. The Morgan fingerprint density at radius 3 is 2.70 bits per heavy atom. The number of aromatic nitrogens is 6. The summed E-state index contributed by atoms with van der Waals surface area (Å²) in [5.74, 6) is -1.04. The first-order chi connectivity index (χ1) is 21.2. The topological polar surface area (TPSA) is 129 Å². The highest BCUT2D eigenvalue weighted by Gasteiger charge is 2.36. The Kier molecular flexibility index (Phi) is 7.82. The van der Waals surface area contributed by atoms with Crippen LogP contribution in [0.15, 0.2) is 61.4 Å². The first kappa shape index (κ1) is 29.0. The number of ether oxygens (including phenoxy) is 2. The molecule has 0 aliphatic carbocycles. The fourth-order valence-corrected chi connectivity index (χ4v) is 5.09. The average molecular weight is 605 g/mol. The molecule has 1 aliphatic rings. The van der Waals surface area contributed by atoms with Crippen molar-refractivity contribution in [1.29, 1.82) is 0 Å². The van der Waals surface area contributed by atoms with E-state index in [0.717, 1.165) is 44.2 Å². The summed E-state index contributed by atoms with van der Waals surface area (Å²) in [6, 6.07) is 9.44. The molecule has 5 heterocycles. The second kappa shape index (κ2) is 11.9. The maximum absolute atomic E-state index is 13.5. The van der Waals surface area contributed by atoms with Crippen molar-refractivity contribution in [2.24, 2.45) is 0 Å². The van der Waals surface area contributed by atoms with Crippen LogP contribution in [0.3, 0.4) is 0 Å². The molecule has 6 rings (SSSR count). The summed E-state index contributed by atoms with van der Waals surface area (Å²) in [5.41, 5.74) is 2.64. The van der Waals surface area contributed by atoms with Crippen LogP contribution in [0.4, 0.5) is 30.4 Å². The summed E-state index contributed by atoms with van der Waals surface area (Å²) >= 11 is 0. The lowest BCUT2D eigenvalue weighted by atomic mass is 10.1. The predicted molar refractivity (Wildman–Crippen MR) is 156 cm³/mol. The van der Waals surface area contributed by atoms with Crippen LogP contribution in [0.25, 0.3) is 22.4 Å². The molecule has 44 heavy (non-hydrogen) atoms. The van der Waals surface area contributed by atoms with E-state index in [-0.39, 0.29) is 6.23 Å². The van der Waals surface area contributed by atoms with Crippen LogP contribution >= 0.6 is 0 Å². The molecule has 0 saturated carbocycles. The lowest BCUT2D eigenvalue weighted by molar-refractivity contribution is -0.138. The molecule has 11 nitrogen and oxygen atoms in total. The van der Waals surface area contributed by atoms with Gasteiger partial charge >= 0.3 is 6.18 Å². The number of benzene rings is 1. The number of fused-ring (bicyclic) bond motifs is 1. The zero-order valence-corrected chi connectivity index (χ0v) is 23.7. The molecule has 1 amide bonds. The molecule has 1 atom stereocenters. The van der Waals surface area contributed by atoms with Crippen molar-refractivity contribution in [1.82, 2.24) is 29.5 Å². The van der Waals surface area contributed by atoms with Gasteiger partial charge < -0.3 is 20.1 Å². The van der Waals surface area contributed by atoms with Crippen molar-refractivity contribution in [2.45, 2.75) is 38.6 Å². The zero-order chi connectivity index (χ0) is 30.8. The number of nitrogens with one attached hydrogen (secondary N) is 2. The number of methoxy groups -OCH3 is 1. The van der Waals surface area contributed by atoms with Crippen LogP contribution in [0.5, 0.6) is 5.75 Å². The summed E-state index contributed by atoms with van der Waals surface area (Å²) in [6.45, 7) is 2.55. The first-order valence-corrected chi connectivity index (χ1v) is 13.8. The van der Waals surface area contributed by atoms with Gasteiger partial charge in [0.1, 0.15) is 35.1 Å². The average Bonchev–Trinajstić information content (AvgIpc) is 3.47. The Bertz CT molecular complexity index is 1840. The van der Waals surface area contributed by atoms with E-state index in [4.69, 9.17) is 9.47 Å². The van der Waals surface area contributed by atoms with Crippen LogP contribution in [0.2, 0.25) is 0 Å². The van der Waals surface area contributed by atoms with Gasteiger partial charge in [-0.1, -0.05) is 6.07 Å². The molecule has 0 spiro atoms. The number of hydrogen-bond acceptors (Lipinski definition) is 9. The highest BCUT2D eigenvalue weighted by Crippen LogP contribution is 2.38. The van der Waals surface area contributed by atoms with Crippen molar-refractivity contribution in [3.05, 3.63) is 78.3 Å². The molecule has 5 aromatic rings. The Labute approximate surface area is 249 Å². The zero-order valence-electron chi connectivity index (χ0n) is 23.7. The van der Waals surface area contributed by atoms with E-state index in [1.54, 1.807) is 36.8 Å². The summed E-state index contributed by atoms with van der Waals surface area (Å²) < 4.78 is 53.2. The van der Waals surface area contributed by atoms with Crippen molar-refractivity contribution in [3.8, 4) is 17.0 Å². The number of hydrogen-bond donors (Lipinski definition) is 2. The van der Waals surface area contributed by atoms with Gasteiger partial charge in [0.25, 0.3) is 5.91 Å². The minimum absolute atomic E-state index is 0.144. The van der Waals surface area contributed by atoms with Crippen LogP contribution in [-0.4, -0.2) is 49.1 Å². The molecular weight excluding hydrogens is 577 g/mol. The van der Waals surface area contributed by atoms with Gasteiger partial charge in [-0.3, -0.25) is 9.36 Å². The predicted octanol–water partition coefficient (Wildman–Crippen LogP) is 6.31. The maximum Gasteiger partial charge on any atom is 0.420 e. The fourth-order valence-electron chi connectivity index (χ4n) is 5.09. The number of pyridine rings is 2. The Hall–Kier alpha value is -5.11. The Balaban J connectivity index is 1.30. The number of amides is 1. The van der Waals surface area contributed by atoms with E-state index in [2.05, 4.69) is 35.6 Å². The molecule has 0 radical (unpaired) electrons. The second-order valence-electron chi connectivity index (χ2n) is 10.1. The van der Waals surface area contributed by atoms with E-state index in [1.807, 2.05) is 17.6 Å². The molecule has 1 saturated heterocycles. The van der Waals surface area contributed by atoms with Crippen LogP contribution in [0, 0.1) is 6.92 Å². The third-order valence-corrected chi connectivity index (χ3v) is 7.27. The van der Waals surface area contributed by atoms with Gasteiger partial charge in [-0.2, -0.15) is 13.2 Å². The van der Waals surface area contributed by atoms with Gasteiger partial charge in [0, 0.05) is 35.9 Å². The molecular formula is C30H27F3N8O3. The third-order valence-electron chi connectivity index (χ3n) is 7.27. The van der Waals surface area contributed by atoms with Crippen LogP contribution in [-0.2, 0) is 10.9 Å². The summed E-state index contributed by atoms with van der Waals surface area (Å²) in [5, 5.41) is 5.92. The monoisotopic (exact) mass is 604 g/mol. The number of rotatable bonds is 7. The number of imidazole rings is 1. The fraction of sp³-hybridized carbons (Fsp3) is 0.267. The summed E-state index contributed by atoms with van der Waals surface area (Å²) in [4.78, 5) is 35.0. The summed E-state index contributed by atoms with van der Waals surface area (Å²) in [7, 11) is 1.06. The van der Waals surface area contributed by atoms with Crippen molar-refractivity contribution in [2.75, 3.05) is 24.4 Å². The SMILES string of the molecule is COc1c(C(F)(F)F)ccnc1C(=O)Nc1ccc(C)c(Nc2ncccc2-c2ncnc3c2ncn3C2CCCCO2)c1. The van der Waals surface area contributed by atoms with E-state index >= 15 is 0 Å². The van der Waals surface area contributed by atoms with E-state index in [9.17, 15) is 18.0 Å². The van der Waals surface area contributed by atoms with Gasteiger partial charge in [-0.05, 0) is 62.1 Å². The maximum atomic E-state index is 13.5. The second-order valence-corrected chi connectivity index (χ2v) is 10.1. The van der Waals surface area contributed by atoms with Crippen molar-refractivity contribution < 1.29 is 27.4 Å². The molecule has 1 aromatic carbocycles. The van der Waals surface area contributed by atoms with Crippen molar-refractivity contribution >= 4 is 34.3 Å². The summed E-state index contributed by atoms with van der Waals surface area (Å²) in [6.07, 6.45) is 3.83. The number of aryl methyl sites for hydroxylation is 1. The van der Waals surface area contributed by atoms with Crippen LogP contribution < -0.4 is 15.4 Å². The van der Waals surface area contributed by atoms with E-state index in [1.165, 1.54) is 6.33 Å². The number of carbonyl (C=O) groups is 1. The minimum atomic E-state index is -4.72. The van der Waals surface area contributed by atoms with Crippen LogP contribution in [0.1, 0.15) is 47.1 Å². The highest BCUT2D eigenvalue weighted by molar-refractivity contribution is 6.05. The van der Waals surface area contributed by atoms with Gasteiger partial charge in [-0.15, -0.1) is 0 Å². The normalized spacial score (nSPS) is 15.2. The molecule has 4 aromatic heterocycles. The number of halogens is 3. The first-order valence-electron chi connectivity index (χ1n) is 13.8. The highest BCUT2D eigenvalue weighted by atomic mass is 19.4. The molecule has 2 N–H and O–H groups in total. The molecule has 1 fully saturated rings. The minimum Gasteiger partial charge on any atom is -0.494 e. The largest absolute Gasteiger partial charge is 0.494 e. The quantitative estimate of drug-likeness (QED) is 0.219. The van der Waals surface area contributed by atoms with Gasteiger partial charge in [-0.25, -0.2) is 24.9 Å². The van der Waals surface area contributed by atoms with E-state index in [0.29, 0.717) is 46.2 Å². The molecule has 226 valence electrons. The number of alkyl halides is 3. The van der Waals surface area contributed by atoms with Gasteiger partial charge in [0.05, 0.1) is 13.4 Å². The molecule has 1 unspecified atom stereocenters. The van der Waals surface area contributed by atoms with Gasteiger partial charge in [0.15, 0.2) is 17.1 Å². The lowest BCUT2D eigenvalue weighted by Gasteiger charge is -2.23. The number of nitrogens with zero attached hydrogens (tertiary/aromatic N) is 6. The third kappa shape index (κ3) is 5.63. The van der Waals surface area contributed by atoms with Crippen molar-refractivity contribution in [3.63, 3.8) is 0 Å². The number of carbonyl (C=O) groups excluding carboxylic acids is 1. The number of anilines is 3. The standard InChI is InChI=1S/C30H27F3N8O3/c1-17-8-9-18(39-29(42)25-26(43-2)20(10-12-34-25)30(31,32)33)14-21(17)40-27-19(6-5-11-35-27)23-24-28(37-15-36-23)41(16-38-24)22-7-3-4-13-44-22/h5-6,8-12,14-16,22H,3-4,7,13H2,1-2H3,(H,35,40)(H,39,42). The smallest absolute Gasteiger partial charge is 0.420 e. The lowest BCUT2D eigenvalue weighted by Crippen LogP contribution is -2.18. The van der Waals surface area contributed by atoms with Gasteiger partial charge in [0.2, 0.25) is 0 Å². The molecule has 1 aliphatic heterocycles. The van der Waals surface area contributed by atoms with E-state index < -0.39 is 29.1 Å². The Morgan fingerprint density at radius 1 is 1.07 bits per heavy atom.